The van der Waals surface area contributed by atoms with Crippen molar-refractivity contribution in [2.75, 3.05) is 20.2 Å². The molecule has 0 saturated heterocycles. The molecule has 2 aromatic carbocycles. The van der Waals surface area contributed by atoms with Crippen LogP contribution in [-0.4, -0.2) is 31.3 Å². The van der Waals surface area contributed by atoms with Gasteiger partial charge in [-0.15, -0.1) is 0 Å². The van der Waals surface area contributed by atoms with Crippen molar-refractivity contribution in [2.45, 2.75) is 12.5 Å². The molecule has 2 aromatic rings. The summed E-state index contributed by atoms with van der Waals surface area (Å²) in [4.78, 5) is 11.8. The van der Waals surface area contributed by atoms with E-state index in [0.29, 0.717) is 23.6 Å². The maximum Gasteiger partial charge on any atom is 0.314 e. The minimum Gasteiger partial charge on any atom is -0.496 e. The van der Waals surface area contributed by atoms with Crippen LogP contribution in [0.5, 0.6) is 5.75 Å². The van der Waals surface area contributed by atoms with E-state index in [9.17, 15) is 9.90 Å². The molecular weight excluding hydrogens is 328 g/mol. The molecule has 5 nitrogen and oxygen atoms in total. The van der Waals surface area contributed by atoms with Gasteiger partial charge in [0, 0.05) is 18.1 Å². The third-order valence-corrected chi connectivity index (χ3v) is 3.84. The topological polar surface area (TPSA) is 70.6 Å². The largest absolute Gasteiger partial charge is 0.496 e. The Labute approximate surface area is 146 Å². The summed E-state index contributed by atoms with van der Waals surface area (Å²) in [5, 5.41) is 16.0. The number of methoxy groups -OCH3 is 1. The number of para-hydroxylation sites is 1. The highest BCUT2D eigenvalue weighted by Gasteiger charge is 2.09. The van der Waals surface area contributed by atoms with Crippen LogP contribution in [0.15, 0.2) is 48.5 Å². The average molecular weight is 349 g/mol. The van der Waals surface area contributed by atoms with Gasteiger partial charge in [-0.25, -0.2) is 4.79 Å². The molecule has 0 bridgehead atoms. The summed E-state index contributed by atoms with van der Waals surface area (Å²) in [6, 6.07) is 14.2. The van der Waals surface area contributed by atoms with Gasteiger partial charge in [0.25, 0.3) is 0 Å². The van der Waals surface area contributed by atoms with E-state index < -0.39 is 6.10 Å². The van der Waals surface area contributed by atoms with Crippen LogP contribution >= 0.6 is 11.6 Å². The zero-order valence-electron chi connectivity index (χ0n) is 13.5. The summed E-state index contributed by atoms with van der Waals surface area (Å²) in [5.41, 5.74) is 1.73. The number of hydrogen-bond donors (Lipinski definition) is 3. The number of amides is 2. The third kappa shape index (κ3) is 5.44. The number of aliphatic hydroxyl groups is 1. The van der Waals surface area contributed by atoms with Crippen molar-refractivity contribution in [3.05, 3.63) is 64.7 Å². The van der Waals surface area contributed by atoms with E-state index in [1.54, 1.807) is 31.4 Å². The Bertz CT molecular complexity index is 662. The lowest BCUT2D eigenvalue weighted by Crippen LogP contribution is -2.38. The second-order valence-electron chi connectivity index (χ2n) is 5.27. The fourth-order valence-electron chi connectivity index (χ4n) is 2.27. The van der Waals surface area contributed by atoms with Gasteiger partial charge in [-0.1, -0.05) is 41.9 Å². The number of aliphatic hydroxyl groups excluding tert-OH is 1. The summed E-state index contributed by atoms with van der Waals surface area (Å²) >= 11 is 5.80. The first-order chi connectivity index (χ1) is 11.6. The molecular formula is C18H21ClN2O3. The minimum absolute atomic E-state index is 0.127. The SMILES string of the molecule is COc1ccccc1CCNC(=O)NCC(O)c1ccc(Cl)cc1. The van der Waals surface area contributed by atoms with Crippen LogP contribution in [0.4, 0.5) is 4.79 Å². The monoisotopic (exact) mass is 348 g/mol. The number of carbonyl (C=O) groups is 1. The number of carbonyl (C=O) groups excluding carboxylic acids is 1. The molecule has 0 aliphatic heterocycles. The van der Waals surface area contributed by atoms with Crippen LogP contribution < -0.4 is 15.4 Å². The van der Waals surface area contributed by atoms with E-state index >= 15 is 0 Å². The Balaban J connectivity index is 1.72. The third-order valence-electron chi connectivity index (χ3n) is 3.58. The Kier molecular flexibility index (Phi) is 6.90. The zero-order chi connectivity index (χ0) is 17.4. The molecule has 0 aliphatic carbocycles. The predicted molar refractivity (Wildman–Crippen MR) is 94.5 cm³/mol. The quantitative estimate of drug-likeness (QED) is 0.720. The fourth-order valence-corrected chi connectivity index (χ4v) is 2.40. The number of halogens is 1. The lowest BCUT2D eigenvalue weighted by molar-refractivity contribution is 0.173. The number of nitrogens with one attached hydrogen (secondary N) is 2. The number of urea groups is 1. The molecule has 1 atom stereocenters. The van der Waals surface area contributed by atoms with Gasteiger partial charge in [0.05, 0.1) is 13.2 Å². The molecule has 0 saturated carbocycles. The van der Waals surface area contributed by atoms with Crippen molar-refractivity contribution in [1.29, 1.82) is 0 Å². The van der Waals surface area contributed by atoms with Gasteiger partial charge < -0.3 is 20.5 Å². The molecule has 0 fully saturated rings. The van der Waals surface area contributed by atoms with Crippen molar-refractivity contribution in [2.24, 2.45) is 0 Å². The highest BCUT2D eigenvalue weighted by Crippen LogP contribution is 2.17. The molecule has 0 radical (unpaired) electrons. The van der Waals surface area contributed by atoms with E-state index in [2.05, 4.69) is 10.6 Å². The van der Waals surface area contributed by atoms with Crippen molar-refractivity contribution >= 4 is 17.6 Å². The van der Waals surface area contributed by atoms with Crippen molar-refractivity contribution in [1.82, 2.24) is 10.6 Å². The summed E-state index contributed by atoms with van der Waals surface area (Å²) in [7, 11) is 1.62. The van der Waals surface area contributed by atoms with E-state index in [-0.39, 0.29) is 12.6 Å². The zero-order valence-corrected chi connectivity index (χ0v) is 14.2. The maximum absolute atomic E-state index is 11.8. The summed E-state index contributed by atoms with van der Waals surface area (Å²) in [6.07, 6.45) is -0.112. The van der Waals surface area contributed by atoms with Gasteiger partial charge in [-0.3, -0.25) is 0 Å². The molecule has 0 aliphatic rings. The highest BCUT2D eigenvalue weighted by molar-refractivity contribution is 6.30. The highest BCUT2D eigenvalue weighted by atomic mass is 35.5. The molecule has 2 amide bonds. The molecule has 6 heteroatoms. The lowest BCUT2D eigenvalue weighted by Gasteiger charge is -2.13. The first-order valence-corrected chi connectivity index (χ1v) is 8.05. The summed E-state index contributed by atoms with van der Waals surface area (Å²) in [6.45, 7) is 0.603. The standard InChI is InChI=1S/C18H21ClN2O3/c1-24-17-5-3-2-4-14(17)10-11-20-18(23)21-12-16(22)13-6-8-15(19)9-7-13/h2-9,16,22H,10-12H2,1H3,(H2,20,21,23). The average Bonchev–Trinajstić information content (AvgIpc) is 2.60. The van der Waals surface area contributed by atoms with Crippen LogP contribution in [0.1, 0.15) is 17.2 Å². The Morgan fingerprint density at radius 3 is 2.58 bits per heavy atom. The van der Waals surface area contributed by atoms with Crippen LogP contribution in [0.3, 0.4) is 0 Å². The smallest absolute Gasteiger partial charge is 0.314 e. The second-order valence-corrected chi connectivity index (χ2v) is 5.70. The van der Waals surface area contributed by atoms with E-state index in [1.807, 2.05) is 24.3 Å². The van der Waals surface area contributed by atoms with Gasteiger partial charge in [0.1, 0.15) is 5.75 Å². The number of hydrogen-bond acceptors (Lipinski definition) is 3. The molecule has 1 unspecified atom stereocenters. The molecule has 0 heterocycles. The van der Waals surface area contributed by atoms with Crippen molar-refractivity contribution in [3.8, 4) is 5.75 Å². The van der Waals surface area contributed by atoms with Crippen LogP contribution in [0.2, 0.25) is 5.02 Å². The number of benzene rings is 2. The van der Waals surface area contributed by atoms with Gasteiger partial charge >= 0.3 is 6.03 Å². The first kappa shape index (κ1) is 18.1. The van der Waals surface area contributed by atoms with Gasteiger partial charge in [0.2, 0.25) is 0 Å². The summed E-state index contributed by atoms with van der Waals surface area (Å²) in [5.74, 6) is 0.804. The van der Waals surface area contributed by atoms with Gasteiger partial charge in [-0.05, 0) is 35.7 Å². The molecule has 24 heavy (non-hydrogen) atoms. The van der Waals surface area contributed by atoms with Crippen LogP contribution in [0.25, 0.3) is 0 Å². The Morgan fingerprint density at radius 2 is 1.88 bits per heavy atom. The molecule has 2 rings (SSSR count). The molecule has 128 valence electrons. The Morgan fingerprint density at radius 1 is 1.17 bits per heavy atom. The van der Waals surface area contributed by atoms with Crippen molar-refractivity contribution < 1.29 is 14.6 Å². The van der Waals surface area contributed by atoms with Crippen LogP contribution in [-0.2, 0) is 6.42 Å². The van der Waals surface area contributed by atoms with E-state index in [1.165, 1.54) is 0 Å². The van der Waals surface area contributed by atoms with E-state index in [0.717, 1.165) is 11.3 Å². The normalized spacial score (nSPS) is 11.6. The molecule has 0 spiro atoms. The van der Waals surface area contributed by atoms with Gasteiger partial charge in [0.15, 0.2) is 0 Å². The Hall–Kier alpha value is -2.24. The molecule has 3 N–H and O–H groups in total. The van der Waals surface area contributed by atoms with Crippen LogP contribution in [0, 0.1) is 0 Å². The maximum atomic E-state index is 11.8. The lowest BCUT2D eigenvalue weighted by atomic mass is 10.1. The number of ether oxygens (including phenoxy) is 1. The van der Waals surface area contributed by atoms with E-state index in [4.69, 9.17) is 16.3 Å². The molecule has 0 aromatic heterocycles. The summed E-state index contributed by atoms with van der Waals surface area (Å²) < 4.78 is 5.27. The number of rotatable bonds is 7. The van der Waals surface area contributed by atoms with Crippen molar-refractivity contribution in [3.63, 3.8) is 0 Å². The predicted octanol–water partition coefficient (Wildman–Crippen LogP) is 2.92. The second kappa shape index (κ2) is 9.15. The fraction of sp³-hybridized carbons (Fsp3) is 0.278. The first-order valence-electron chi connectivity index (χ1n) is 7.67. The minimum atomic E-state index is -0.776. The van der Waals surface area contributed by atoms with Gasteiger partial charge in [-0.2, -0.15) is 0 Å².